The van der Waals surface area contributed by atoms with E-state index in [0.717, 1.165) is 11.5 Å². The van der Waals surface area contributed by atoms with Crippen molar-refractivity contribution < 1.29 is 4.74 Å². The van der Waals surface area contributed by atoms with Gasteiger partial charge in [0.15, 0.2) is 0 Å². The molecule has 172 valence electrons. The lowest BCUT2D eigenvalue weighted by Gasteiger charge is -2.34. The van der Waals surface area contributed by atoms with Crippen molar-refractivity contribution in [1.29, 1.82) is 0 Å². The van der Waals surface area contributed by atoms with Crippen molar-refractivity contribution >= 4 is 21.5 Å². The summed E-state index contributed by atoms with van der Waals surface area (Å²) in [6.07, 6.45) is 0. The zero-order chi connectivity index (χ0) is 24.3. The van der Waals surface area contributed by atoms with Gasteiger partial charge in [0, 0.05) is 16.5 Å². The summed E-state index contributed by atoms with van der Waals surface area (Å²) in [5, 5.41) is 5.15. The highest BCUT2D eigenvalue weighted by Gasteiger charge is 2.33. The minimum atomic E-state index is -0.0935. The van der Waals surface area contributed by atoms with E-state index in [4.69, 9.17) is 4.74 Å². The normalized spacial score (nSPS) is 13.7. The number of para-hydroxylation sites is 1. The number of hydrogen-bond acceptors (Lipinski definition) is 1. The Kier molecular flexibility index (Phi) is 4.56. The summed E-state index contributed by atoms with van der Waals surface area (Å²) in [7, 11) is 0. The molecule has 1 aliphatic rings. The lowest BCUT2D eigenvalue weighted by molar-refractivity contribution is 0.418. The molecule has 6 aromatic rings. The van der Waals surface area contributed by atoms with Gasteiger partial charge in [-0.05, 0) is 62.0 Å². The first-order valence-electron chi connectivity index (χ1n) is 12.5. The van der Waals surface area contributed by atoms with Gasteiger partial charge in [0.1, 0.15) is 11.5 Å². The highest BCUT2D eigenvalue weighted by Crippen LogP contribution is 2.48. The van der Waals surface area contributed by atoms with E-state index in [1.807, 2.05) is 6.07 Å². The molecule has 0 radical (unpaired) electrons. The molecular weight excluding hydrogens is 436 g/mol. The van der Waals surface area contributed by atoms with Crippen molar-refractivity contribution in [2.24, 2.45) is 0 Å². The summed E-state index contributed by atoms with van der Waals surface area (Å²) in [5.74, 6) is 1.89. The van der Waals surface area contributed by atoms with Crippen LogP contribution in [0.3, 0.4) is 0 Å². The highest BCUT2D eigenvalue weighted by atomic mass is 16.5. The van der Waals surface area contributed by atoms with Gasteiger partial charge in [0.05, 0.1) is 0 Å². The smallest absolute Gasteiger partial charge is 0.132 e. The van der Waals surface area contributed by atoms with Crippen LogP contribution in [0, 0.1) is 0 Å². The first-order valence-corrected chi connectivity index (χ1v) is 12.5. The van der Waals surface area contributed by atoms with E-state index in [-0.39, 0.29) is 5.41 Å². The molecule has 0 spiro atoms. The van der Waals surface area contributed by atoms with E-state index in [9.17, 15) is 0 Å². The van der Waals surface area contributed by atoms with Crippen LogP contribution in [0.4, 0.5) is 0 Å². The summed E-state index contributed by atoms with van der Waals surface area (Å²) in [4.78, 5) is 0. The van der Waals surface area contributed by atoms with Crippen LogP contribution in [0.5, 0.6) is 11.5 Å². The third-order valence-corrected chi connectivity index (χ3v) is 7.73. The van der Waals surface area contributed by atoms with Crippen LogP contribution in [0.1, 0.15) is 25.0 Å². The minimum Gasteiger partial charge on any atom is -0.457 e. The monoisotopic (exact) mass is 462 g/mol. The molecule has 6 aromatic carbocycles. The van der Waals surface area contributed by atoms with E-state index in [1.54, 1.807) is 0 Å². The van der Waals surface area contributed by atoms with Gasteiger partial charge in [-0.25, -0.2) is 0 Å². The predicted octanol–water partition coefficient (Wildman–Crippen LogP) is 9.76. The molecule has 1 aliphatic heterocycles. The quantitative estimate of drug-likeness (QED) is 0.233. The average Bonchev–Trinajstić information content (AvgIpc) is 2.92. The second kappa shape index (κ2) is 7.83. The Balaban J connectivity index is 1.30. The minimum absolute atomic E-state index is 0.0935. The molecule has 0 atom stereocenters. The number of hydrogen-bond donors (Lipinski definition) is 0. The molecule has 0 N–H and O–H groups in total. The molecule has 0 saturated carbocycles. The van der Waals surface area contributed by atoms with Gasteiger partial charge in [-0.3, -0.25) is 0 Å². The Morgan fingerprint density at radius 3 is 1.92 bits per heavy atom. The average molecular weight is 463 g/mol. The third kappa shape index (κ3) is 3.17. The van der Waals surface area contributed by atoms with Crippen LogP contribution in [-0.2, 0) is 5.41 Å². The van der Waals surface area contributed by atoms with Crippen molar-refractivity contribution in [2.45, 2.75) is 19.3 Å². The Morgan fingerprint density at radius 1 is 0.472 bits per heavy atom. The Labute approximate surface area is 211 Å². The maximum absolute atomic E-state index is 6.36. The van der Waals surface area contributed by atoms with Crippen LogP contribution in [0.2, 0.25) is 0 Å². The molecule has 7 rings (SSSR count). The van der Waals surface area contributed by atoms with Crippen LogP contribution in [-0.4, -0.2) is 0 Å². The standard InChI is InChI=1S/C35H26O/c1-35(2)31-13-7-8-14-33(31)36-34-22-25(19-20-32(34)35)23-15-17-24(18-16-23)30-21-26-9-3-4-10-27(26)28-11-5-6-12-29(28)30/h3-22H,1-2H3. The van der Waals surface area contributed by atoms with Gasteiger partial charge < -0.3 is 4.74 Å². The topological polar surface area (TPSA) is 9.23 Å². The van der Waals surface area contributed by atoms with Crippen molar-refractivity contribution in [3.63, 3.8) is 0 Å². The van der Waals surface area contributed by atoms with Gasteiger partial charge in [-0.1, -0.05) is 117 Å². The molecule has 0 aromatic heterocycles. The maximum atomic E-state index is 6.36. The van der Waals surface area contributed by atoms with Crippen LogP contribution < -0.4 is 4.74 Å². The number of benzene rings is 6. The van der Waals surface area contributed by atoms with Gasteiger partial charge in [-0.15, -0.1) is 0 Å². The fraction of sp³-hybridized carbons (Fsp3) is 0.0857. The zero-order valence-corrected chi connectivity index (χ0v) is 20.5. The number of fused-ring (bicyclic) bond motifs is 5. The van der Waals surface area contributed by atoms with Gasteiger partial charge in [-0.2, -0.15) is 0 Å². The molecular formula is C35H26O. The van der Waals surface area contributed by atoms with Crippen molar-refractivity contribution in [2.75, 3.05) is 0 Å². The molecule has 0 unspecified atom stereocenters. The zero-order valence-electron chi connectivity index (χ0n) is 20.5. The Hall–Kier alpha value is -4.36. The molecule has 0 bridgehead atoms. The Bertz CT molecular complexity index is 1770. The molecule has 1 nitrogen and oxygen atoms in total. The van der Waals surface area contributed by atoms with E-state index < -0.39 is 0 Å². The maximum Gasteiger partial charge on any atom is 0.132 e. The molecule has 0 fully saturated rings. The molecule has 36 heavy (non-hydrogen) atoms. The molecule has 1 heteroatoms. The van der Waals surface area contributed by atoms with E-state index in [2.05, 4.69) is 129 Å². The SMILES string of the molecule is CC1(C)c2ccccc2Oc2cc(-c3ccc(-c4cc5ccccc5c5ccccc45)cc3)ccc21. The fourth-order valence-electron chi connectivity index (χ4n) is 5.77. The molecule has 1 heterocycles. The van der Waals surface area contributed by atoms with Crippen LogP contribution in [0.15, 0.2) is 121 Å². The van der Waals surface area contributed by atoms with E-state index >= 15 is 0 Å². The summed E-state index contributed by atoms with van der Waals surface area (Å²) in [5.41, 5.74) is 7.21. The largest absolute Gasteiger partial charge is 0.457 e. The lowest BCUT2D eigenvalue weighted by Crippen LogP contribution is -2.24. The van der Waals surface area contributed by atoms with Crippen LogP contribution >= 0.6 is 0 Å². The second-order valence-electron chi connectivity index (χ2n) is 10.2. The van der Waals surface area contributed by atoms with Gasteiger partial charge in [0.2, 0.25) is 0 Å². The predicted molar refractivity (Wildman–Crippen MR) is 151 cm³/mol. The van der Waals surface area contributed by atoms with Crippen molar-refractivity contribution in [1.82, 2.24) is 0 Å². The highest BCUT2D eigenvalue weighted by molar-refractivity contribution is 6.13. The molecule has 0 aliphatic carbocycles. The summed E-state index contributed by atoms with van der Waals surface area (Å²) < 4.78 is 6.36. The first-order chi connectivity index (χ1) is 17.6. The van der Waals surface area contributed by atoms with Gasteiger partial charge in [0.25, 0.3) is 0 Å². The summed E-state index contributed by atoms with van der Waals surface area (Å²) in [6.45, 7) is 4.55. The lowest BCUT2D eigenvalue weighted by atomic mass is 9.75. The molecule has 0 saturated heterocycles. The van der Waals surface area contributed by atoms with Crippen molar-refractivity contribution in [3.05, 3.63) is 132 Å². The third-order valence-electron chi connectivity index (χ3n) is 7.73. The van der Waals surface area contributed by atoms with Crippen LogP contribution in [0.25, 0.3) is 43.8 Å². The van der Waals surface area contributed by atoms with E-state index in [0.29, 0.717) is 0 Å². The summed E-state index contributed by atoms with van der Waals surface area (Å²) in [6, 6.07) is 43.6. The first kappa shape index (κ1) is 21.0. The number of rotatable bonds is 2. The second-order valence-corrected chi connectivity index (χ2v) is 10.2. The molecule has 0 amide bonds. The van der Waals surface area contributed by atoms with Crippen molar-refractivity contribution in [3.8, 4) is 33.8 Å². The number of ether oxygens (including phenoxy) is 1. The van der Waals surface area contributed by atoms with E-state index in [1.165, 1.54) is 54.9 Å². The Morgan fingerprint density at radius 2 is 1.08 bits per heavy atom. The fourth-order valence-corrected chi connectivity index (χ4v) is 5.77. The van der Waals surface area contributed by atoms with Gasteiger partial charge >= 0.3 is 0 Å². The summed E-state index contributed by atoms with van der Waals surface area (Å²) >= 11 is 0.